The van der Waals surface area contributed by atoms with Crippen molar-refractivity contribution in [3.63, 3.8) is 0 Å². The predicted molar refractivity (Wildman–Crippen MR) is 79.4 cm³/mol. The van der Waals surface area contributed by atoms with Gasteiger partial charge in [-0.15, -0.1) is 11.3 Å². The van der Waals surface area contributed by atoms with E-state index in [2.05, 4.69) is 5.32 Å². The molecule has 1 saturated heterocycles. The van der Waals surface area contributed by atoms with Gasteiger partial charge in [0.2, 0.25) is 11.8 Å². The van der Waals surface area contributed by atoms with Crippen LogP contribution in [0.2, 0.25) is 0 Å². The Morgan fingerprint density at radius 3 is 2.91 bits per heavy atom. The molecule has 1 fully saturated rings. The number of thiophene rings is 1. The number of ether oxygens (including phenoxy) is 1. The van der Waals surface area contributed by atoms with Crippen LogP contribution in [-0.2, 0) is 19.1 Å². The van der Waals surface area contributed by atoms with Gasteiger partial charge in [0, 0.05) is 18.3 Å². The van der Waals surface area contributed by atoms with Crippen LogP contribution in [0.1, 0.15) is 24.3 Å². The molecule has 2 unspecified atom stereocenters. The van der Waals surface area contributed by atoms with Gasteiger partial charge in [0.15, 0.2) is 6.04 Å². The minimum Gasteiger partial charge on any atom is -0.480 e. The highest BCUT2D eigenvalue weighted by atomic mass is 32.1. The minimum atomic E-state index is -1.08. The number of carboxylic acid groups (broad SMARTS) is 1. The molecule has 0 radical (unpaired) electrons. The van der Waals surface area contributed by atoms with Gasteiger partial charge >= 0.3 is 5.97 Å². The average Bonchev–Trinajstić information content (AvgIpc) is 3.00. The van der Waals surface area contributed by atoms with Crippen molar-refractivity contribution in [2.75, 3.05) is 19.8 Å². The molecule has 1 aliphatic heterocycles. The van der Waals surface area contributed by atoms with Crippen molar-refractivity contribution in [2.45, 2.75) is 25.4 Å². The monoisotopic (exact) mass is 326 g/mol. The number of aliphatic carboxylic acids is 1. The maximum absolute atomic E-state index is 12.5. The molecular formula is C14H18N2O5S. The first-order valence-electron chi connectivity index (χ1n) is 6.89. The Balaban J connectivity index is 2.09. The molecule has 0 aliphatic carbocycles. The highest BCUT2D eigenvalue weighted by Gasteiger charge is 2.34. The SMILES string of the molecule is CC(=O)NC(CC(=O)N1CCOCC1C(=O)O)c1cccs1. The maximum Gasteiger partial charge on any atom is 0.328 e. The standard InChI is InChI=1S/C14H18N2O5S/c1-9(17)15-10(12-3-2-6-22-12)7-13(18)16-4-5-21-8-11(16)14(19)20/h2-3,6,10-11H,4-5,7-8H2,1H3,(H,15,17)(H,19,20). The maximum atomic E-state index is 12.5. The minimum absolute atomic E-state index is 0.00905. The van der Waals surface area contributed by atoms with Crippen molar-refractivity contribution >= 4 is 29.1 Å². The normalized spacial score (nSPS) is 19.5. The third-order valence-corrected chi connectivity index (χ3v) is 4.36. The number of nitrogens with zero attached hydrogens (tertiary/aromatic N) is 1. The van der Waals surface area contributed by atoms with Crippen LogP contribution in [0.5, 0.6) is 0 Å². The van der Waals surface area contributed by atoms with E-state index in [0.717, 1.165) is 4.88 Å². The second-order valence-electron chi connectivity index (χ2n) is 4.99. The number of carboxylic acids is 1. The van der Waals surface area contributed by atoms with Crippen LogP contribution < -0.4 is 5.32 Å². The summed E-state index contributed by atoms with van der Waals surface area (Å²) in [5.41, 5.74) is 0. The first-order chi connectivity index (χ1) is 10.5. The second kappa shape index (κ2) is 7.37. The van der Waals surface area contributed by atoms with Crippen LogP contribution in [0.25, 0.3) is 0 Å². The van der Waals surface area contributed by atoms with Crippen LogP contribution in [0.15, 0.2) is 17.5 Å². The zero-order chi connectivity index (χ0) is 16.1. The summed E-state index contributed by atoms with van der Waals surface area (Å²) in [5.74, 6) is -1.62. The third kappa shape index (κ3) is 4.05. The average molecular weight is 326 g/mol. The summed E-state index contributed by atoms with van der Waals surface area (Å²) in [6.45, 7) is 1.94. The Hall–Kier alpha value is -1.93. The molecule has 1 aromatic rings. The molecule has 2 amide bonds. The molecule has 0 bridgehead atoms. The molecule has 2 N–H and O–H groups in total. The summed E-state index contributed by atoms with van der Waals surface area (Å²) >= 11 is 1.44. The number of hydrogen-bond acceptors (Lipinski definition) is 5. The molecule has 8 heteroatoms. The molecule has 0 aromatic carbocycles. The number of nitrogens with one attached hydrogen (secondary N) is 1. The fourth-order valence-corrected chi connectivity index (χ4v) is 3.13. The third-order valence-electron chi connectivity index (χ3n) is 3.38. The van der Waals surface area contributed by atoms with Crippen LogP contribution in [-0.4, -0.2) is 53.6 Å². The van der Waals surface area contributed by atoms with Crippen molar-refractivity contribution in [1.82, 2.24) is 10.2 Å². The Kier molecular flexibility index (Phi) is 5.51. The quantitative estimate of drug-likeness (QED) is 0.827. The molecule has 22 heavy (non-hydrogen) atoms. The number of hydrogen-bond donors (Lipinski definition) is 2. The fourth-order valence-electron chi connectivity index (χ4n) is 2.36. The summed E-state index contributed by atoms with van der Waals surface area (Å²) < 4.78 is 5.12. The Morgan fingerprint density at radius 2 is 2.32 bits per heavy atom. The number of carbonyl (C=O) groups excluding carboxylic acids is 2. The molecule has 120 valence electrons. The van der Waals surface area contributed by atoms with E-state index < -0.39 is 18.1 Å². The van der Waals surface area contributed by atoms with Gasteiger partial charge in [-0.3, -0.25) is 9.59 Å². The van der Waals surface area contributed by atoms with Crippen molar-refractivity contribution in [3.05, 3.63) is 22.4 Å². The number of morpholine rings is 1. The molecule has 0 spiro atoms. The van der Waals surface area contributed by atoms with E-state index in [4.69, 9.17) is 4.74 Å². The van der Waals surface area contributed by atoms with E-state index in [9.17, 15) is 19.5 Å². The smallest absolute Gasteiger partial charge is 0.328 e. The number of rotatable bonds is 5. The van der Waals surface area contributed by atoms with Crippen LogP contribution in [0.4, 0.5) is 0 Å². The van der Waals surface area contributed by atoms with Gasteiger partial charge in [0.25, 0.3) is 0 Å². The van der Waals surface area contributed by atoms with Gasteiger partial charge in [-0.1, -0.05) is 6.07 Å². The highest BCUT2D eigenvalue weighted by Crippen LogP contribution is 2.24. The van der Waals surface area contributed by atoms with Gasteiger partial charge in [-0.2, -0.15) is 0 Å². The summed E-state index contributed by atoms with van der Waals surface area (Å²) in [7, 11) is 0. The van der Waals surface area contributed by atoms with Crippen molar-refractivity contribution < 1.29 is 24.2 Å². The van der Waals surface area contributed by atoms with E-state index in [1.807, 2.05) is 17.5 Å². The number of amides is 2. The van der Waals surface area contributed by atoms with Crippen LogP contribution in [0, 0.1) is 0 Å². The Labute approximate surface area is 131 Å². The van der Waals surface area contributed by atoms with Crippen molar-refractivity contribution in [1.29, 1.82) is 0 Å². The summed E-state index contributed by atoms with van der Waals surface area (Å²) in [4.78, 5) is 37.2. The lowest BCUT2D eigenvalue weighted by Crippen LogP contribution is -2.53. The van der Waals surface area contributed by atoms with Gasteiger partial charge < -0.3 is 20.1 Å². The van der Waals surface area contributed by atoms with Gasteiger partial charge in [0.05, 0.1) is 25.7 Å². The van der Waals surface area contributed by atoms with E-state index in [0.29, 0.717) is 6.61 Å². The predicted octanol–water partition coefficient (Wildman–Crippen LogP) is 0.627. The topological polar surface area (TPSA) is 95.9 Å². The summed E-state index contributed by atoms with van der Waals surface area (Å²) in [5, 5.41) is 13.8. The summed E-state index contributed by atoms with van der Waals surface area (Å²) in [6.07, 6.45) is 0.0316. The molecule has 7 nitrogen and oxygen atoms in total. The zero-order valence-corrected chi connectivity index (χ0v) is 13.0. The van der Waals surface area contributed by atoms with Gasteiger partial charge in [-0.05, 0) is 11.4 Å². The van der Waals surface area contributed by atoms with Gasteiger partial charge in [0.1, 0.15) is 0 Å². The Bertz CT molecular complexity index is 545. The van der Waals surface area contributed by atoms with Gasteiger partial charge in [-0.25, -0.2) is 4.79 Å². The van der Waals surface area contributed by atoms with E-state index in [1.165, 1.54) is 23.2 Å². The molecule has 2 atom stereocenters. The molecular weight excluding hydrogens is 308 g/mol. The molecule has 1 aromatic heterocycles. The number of carbonyl (C=O) groups is 3. The van der Waals surface area contributed by atoms with Crippen molar-refractivity contribution in [3.8, 4) is 0 Å². The first-order valence-corrected chi connectivity index (χ1v) is 7.77. The lowest BCUT2D eigenvalue weighted by molar-refractivity contribution is -0.158. The largest absolute Gasteiger partial charge is 0.480 e. The van der Waals surface area contributed by atoms with Crippen LogP contribution in [0.3, 0.4) is 0 Å². The first kappa shape index (κ1) is 16.4. The second-order valence-corrected chi connectivity index (χ2v) is 5.97. The lowest BCUT2D eigenvalue weighted by Gasteiger charge is -2.33. The fraction of sp³-hybridized carbons (Fsp3) is 0.500. The zero-order valence-electron chi connectivity index (χ0n) is 12.2. The molecule has 2 heterocycles. The molecule has 1 aliphatic rings. The van der Waals surface area contributed by atoms with Crippen molar-refractivity contribution in [2.24, 2.45) is 0 Å². The highest BCUT2D eigenvalue weighted by molar-refractivity contribution is 7.10. The van der Waals surface area contributed by atoms with E-state index in [-0.39, 0.29) is 31.4 Å². The van der Waals surface area contributed by atoms with E-state index in [1.54, 1.807) is 0 Å². The van der Waals surface area contributed by atoms with Crippen LogP contribution >= 0.6 is 11.3 Å². The Morgan fingerprint density at radius 1 is 1.55 bits per heavy atom. The molecule has 2 rings (SSSR count). The van der Waals surface area contributed by atoms with E-state index >= 15 is 0 Å². The molecule has 0 saturated carbocycles. The lowest BCUT2D eigenvalue weighted by atomic mass is 10.1. The summed E-state index contributed by atoms with van der Waals surface area (Å²) in [6, 6.07) is 2.27.